The second kappa shape index (κ2) is 8.65. The van der Waals surface area contributed by atoms with Crippen molar-refractivity contribution in [3.8, 4) is 5.75 Å². The van der Waals surface area contributed by atoms with Gasteiger partial charge in [-0.15, -0.1) is 0 Å². The SMILES string of the molecule is O=C(O)[C@H]1CNCCN(Cc2cccc(OCc3ccccc3)c2)C1. The van der Waals surface area contributed by atoms with Crippen molar-refractivity contribution in [3.05, 3.63) is 65.7 Å². The fraction of sp³-hybridized carbons (Fsp3) is 0.350. The maximum Gasteiger partial charge on any atom is 0.309 e. The predicted molar refractivity (Wildman–Crippen MR) is 96.5 cm³/mol. The molecule has 0 aromatic heterocycles. The Morgan fingerprint density at radius 3 is 2.76 bits per heavy atom. The summed E-state index contributed by atoms with van der Waals surface area (Å²) in [6, 6.07) is 18.1. The minimum Gasteiger partial charge on any atom is -0.489 e. The molecule has 0 aliphatic carbocycles. The molecule has 5 heteroatoms. The molecule has 132 valence electrons. The minimum absolute atomic E-state index is 0.361. The Morgan fingerprint density at radius 2 is 1.96 bits per heavy atom. The molecule has 2 aromatic rings. The Balaban J connectivity index is 1.60. The average molecular weight is 340 g/mol. The standard InChI is InChI=1S/C20H24N2O3/c23-20(24)18-12-21-9-10-22(14-18)13-17-7-4-8-19(11-17)25-15-16-5-2-1-3-6-16/h1-8,11,18,21H,9-10,12-15H2,(H,23,24)/t18-/m0/s1. The zero-order valence-corrected chi connectivity index (χ0v) is 14.2. The molecule has 1 saturated heterocycles. The molecule has 1 fully saturated rings. The van der Waals surface area contributed by atoms with Gasteiger partial charge >= 0.3 is 5.97 Å². The molecule has 3 rings (SSSR count). The van der Waals surface area contributed by atoms with Crippen LogP contribution in [0.4, 0.5) is 0 Å². The molecule has 2 aromatic carbocycles. The molecule has 1 aliphatic heterocycles. The number of hydrogen-bond acceptors (Lipinski definition) is 4. The number of nitrogens with zero attached hydrogens (tertiary/aromatic N) is 1. The highest BCUT2D eigenvalue weighted by Crippen LogP contribution is 2.17. The number of carbonyl (C=O) groups is 1. The highest BCUT2D eigenvalue weighted by molar-refractivity contribution is 5.70. The maximum absolute atomic E-state index is 11.3. The third-order valence-electron chi connectivity index (χ3n) is 4.38. The van der Waals surface area contributed by atoms with Crippen molar-refractivity contribution in [3.63, 3.8) is 0 Å². The molecule has 2 N–H and O–H groups in total. The Kier molecular flexibility index (Phi) is 6.04. The molecule has 0 radical (unpaired) electrons. The van der Waals surface area contributed by atoms with Gasteiger partial charge in [-0.2, -0.15) is 0 Å². The molecule has 0 spiro atoms. The largest absolute Gasteiger partial charge is 0.489 e. The van der Waals surface area contributed by atoms with Crippen molar-refractivity contribution >= 4 is 5.97 Å². The third-order valence-corrected chi connectivity index (χ3v) is 4.38. The summed E-state index contributed by atoms with van der Waals surface area (Å²) in [6.45, 7) is 4.03. The number of hydrogen-bond donors (Lipinski definition) is 2. The van der Waals surface area contributed by atoms with Gasteiger partial charge in [-0.25, -0.2) is 0 Å². The summed E-state index contributed by atoms with van der Waals surface area (Å²) in [5, 5.41) is 12.5. The summed E-state index contributed by atoms with van der Waals surface area (Å²) in [5.74, 6) is -0.261. The van der Waals surface area contributed by atoms with E-state index in [0.717, 1.165) is 36.5 Å². The van der Waals surface area contributed by atoms with E-state index in [-0.39, 0.29) is 5.92 Å². The zero-order chi connectivity index (χ0) is 17.5. The van der Waals surface area contributed by atoms with E-state index >= 15 is 0 Å². The zero-order valence-electron chi connectivity index (χ0n) is 14.2. The number of benzene rings is 2. The van der Waals surface area contributed by atoms with E-state index in [9.17, 15) is 9.90 Å². The van der Waals surface area contributed by atoms with Crippen LogP contribution in [0.3, 0.4) is 0 Å². The van der Waals surface area contributed by atoms with Crippen molar-refractivity contribution in [2.24, 2.45) is 5.92 Å². The molecule has 0 amide bonds. The first-order chi connectivity index (χ1) is 12.2. The fourth-order valence-electron chi connectivity index (χ4n) is 3.02. The second-order valence-corrected chi connectivity index (χ2v) is 6.40. The average Bonchev–Trinajstić information content (AvgIpc) is 2.87. The van der Waals surface area contributed by atoms with Gasteiger partial charge in [0.25, 0.3) is 0 Å². The summed E-state index contributed by atoms with van der Waals surface area (Å²) in [4.78, 5) is 13.5. The van der Waals surface area contributed by atoms with E-state index in [1.807, 2.05) is 48.5 Å². The number of ether oxygens (including phenoxy) is 1. The van der Waals surface area contributed by atoms with Crippen molar-refractivity contribution in [1.82, 2.24) is 10.2 Å². The van der Waals surface area contributed by atoms with Crippen LogP contribution in [0, 0.1) is 5.92 Å². The molecule has 1 atom stereocenters. The van der Waals surface area contributed by atoms with Crippen LogP contribution in [-0.2, 0) is 17.9 Å². The van der Waals surface area contributed by atoms with Crippen molar-refractivity contribution in [1.29, 1.82) is 0 Å². The topological polar surface area (TPSA) is 61.8 Å². The summed E-state index contributed by atoms with van der Waals surface area (Å²) in [5.41, 5.74) is 2.27. The number of carboxylic acids is 1. The summed E-state index contributed by atoms with van der Waals surface area (Å²) in [6.07, 6.45) is 0. The monoisotopic (exact) mass is 340 g/mol. The smallest absolute Gasteiger partial charge is 0.309 e. The summed E-state index contributed by atoms with van der Waals surface area (Å²) >= 11 is 0. The van der Waals surface area contributed by atoms with E-state index in [2.05, 4.69) is 16.3 Å². The lowest BCUT2D eigenvalue weighted by Crippen LogP contribution is -2.33. The van der Waals surface area contributed by atoms with E-state index in [4.69, 9.17) is 4.74 Å². The lowest BCUT2D eigenvalue weighted by Gasteiger charge is -2.22. The Hall–Kier alpha value is -2.37. The van der Waals surface area contributed by atoms with Crippen molar-refractivity contribution in [2.75, 3.05) is 26.2 Å². The molecular weight excluding hydrogens is 316 g/mol. The Labute approximate surface area is 148 Å². The number of nitrogens with one attached hydrogen (secondary N) is 1. The van der Waals surface area contributed by atoms with Crippen LogP contribution < -0.4 is 10.1 Å². The van der Waals surface area contributed by atoms with Gasteiger partial charge in [0.2, 0.25) is 0 Å². The quantitative estimate of drug-likeness (QED) is 0.845. The number of aliphatic carboxylic acids is 1. The molecule has 0 bridgehead atoms. The van der Waals surface area contributed by atoms with Gasteiger partial charge in [0.05, 0.1) is 5.92 Å². The van der Waals surface area contributed by atoms with E-state index in [1.165, 1.54) is 0 Å². The number of rotatable bonds is 6. The normalized spacial score (nSPS) is 18.5. The Morgan fingerprint density at radius 1 is 1.16 bits per heavy atom. The summed E-state index contributed by atoms with van der Waals surface area (Å²) in [7, 11) is 0. The van der Waals surface area contributed by atoms with Gasteiger partial charge in [-0.1, -0.05) is 42.5 Å². The minimum atomic E-state index is -0.737. The van der Waals surface area contributed by atoms with Gasteiger partial charge in [-0.3, -0.25) is 9.69 Å². The van der Waals surface area contributed by atoms with Gasteiger partial charge in [-0.05, 0) is 23.3 Å². The predicted octanol–water partition coefficient (Wildman–Crippen LogP) is 2.37. The van der Waals surface area contributed by atoms with Gasteiger partial charge in [0, 0.05) is 32.7 Å². The lowest BCUT2D eigenvalue weighted by molar-refractivity contribution is -0.142. The lowest BCUT2D eigenvalue weighted by atomic mass is 10.1. The summed E-state index contributed by atoms with van der Waals surface area (Å²) < 4.78 is 5.88. The van der Waals surface area contributed by atoms with Crippen molar-refractivity contribution in [2.45, 2.75) is 13.2 Å². The van der Waals surface area contributed by atoms with E-state index in [1.54, 1.807) is 0 Å². The first-order valence-electron chi connectivity index (χ1n) is 8.62. The van der Waals surface area contributed by atoms with Crippen LogP contribution in [0.15, 0.2) is 54.6 Å². The third kappa shape index (κ3) is 5.31. The van der Waals surface area contributed by atoms with Crippen molar-refractivity contribution < 1.29 is 14.6 Å². The van der Waals surface area contributed by atoms with Gasteiger partial charge in [0.1, 0.15) is 12.4 Å². The van der Waals surface area contributed by atoms with Crippen LogP contribution in [0.1, 0.15) is 11.1 Å². The van der Waals surface area contributed by atoms with E-state index < -0.39 is 5.97 Å². The molecule has 1 aliphatic rings. The van der Waals surface area contributed by atoms with Gasteiger partial charge < -0.3 is 15.2 Å². The molecule has 0 saturated carbocycles. The maximum atomic E-state index is 11.3. The molecule has 1 heterocycles. The Bertz CT molecular complexity index is 690. The highest BCUT2D eigenvalue weighted by atomic mass is 16.5. The second-order valence-electron chi connectivity index (χ2n) is 6.40. The molecular formula is C20H24N2O3. The highest BCUT2D eigenvalue weighted by Gasteiger charge is 2.23. The number of carboxylic acid groups (broad SMARTS) is 1. The van der Waals surface area contributed by atoms with Gasteiger partial charge in [0.15, 0.2) is 0 Å². The van der Waals surface area contributed by atoms with Crippen LogP contribution in [0.25, 0.3) is 0 Å². The first-order valence-corrected chi connectivity index (χ1v) is 8.62. The molecule has 25 heavy (non-hydrogen) atoms. The molecule has 5 nitrogen and oxygen atoms in total. The molecule has 0 unspecified atom stereocenters. The van der Waals surface area contributed by atoms with E-state index in [0.29, 0.717) is 19.7 Å². The van der Waals surface area contributed by atoms with Crippen LogP contribution in [-0.4, -0.2) is 42.2 Å². The van der Waals surface area contributed by atoms with Crippen LogP contribution in [0.5, 0.6) is 5.75 Å². The fourth-order valence-corrected chi connectivity index (χ4v) is 3.02. The van der Waals surface area contributed by atoms with Crippen LogP contribution in [0.2, 0.25) is 0 Å². The van der Waals surface area contributed by atoms with Crippen LogP contribution >= 0.6 is 0 Å². The first kappa shape index (κ1) is 17.5.